The van der Waals surface area contributed by atoms with Crippen molar-refractivity contribution in [2.75, 3.05) is 6.61 Å². The van der Waals surface area contributed by atoms with E-state index < -0.39 is 0 Å². The molecular weight excluding hydrogens is 220 g/mol. The van der Waals surface area contributed by atoms with Crippen molar-refractivity contribution in [3.05, 3.63) is 65.7 Å². The topological polar surface area (TPSA) is 9.23 Å². The van der Waals surface area contributed by atoms with Gasteiger partial charge >= 0.3 is 0 Å². The fraction of sp³-hybridized carbons (Fsp3) is 0.294. The highest BCUT2D eigenvalue weighted by Gasteiger charge is 1.97. The maximum absolute atomic E-state index is 5.57. The van der Waals surface area contributed by atoms with Crippen molar-refractivity contribution < 1.29 is 4.74 Å². The van der Waals surface area contributed by atoms with Gasteiger partial charge in [0.2, 0.25) is 0 Å². The first-order chi connectivity index (χ1) is 8.88. The highest BCUT2D eigenvalue weighted by atomic mass is 16.5. The fourth-order valence-electron chi connectivity index (χ4n) is 1.91. The lowest BCUT2D eigenvalue weighted by Gasteiger charge is -2.06. The van der Waals surface area contributed by atoms with Crippen molar-refractivity contribution >= 4 is 0 Å². The molecule has 2 aromatic carbocycles. The number of ether oxygens (including phenoxy) is 1. The van der Waals surface area contributed by atoms with Crippen LogP contribution < -0.4 is 4.74 Å². The molecule has 0 N–H and O–H groups in total. The zero-order valence-electron chi connectivity index (χ0n) is 10.9. The molecule has 0 fully saturated rings. The molecule has 1 nitrogen and oxygen atoms in total. The molecule has 0 atom stereocenters. The molecule has 0 radical (unpaired) electrons. The number of rotatable bonds is 6. The summed E-state index contributed by atoms with van der Waals surface area (Å²) in [6, 6.07) is 19.1. The Morgan fingerprint density at radius 3 is 2.00 bits per heavy atom. The largest absolute Gasteiger partial charge is 0.494 e. The second-order valence-electron chi connectivity index (χ2n) is 4.48. The molecule has 0 aliphatic heterocycles. The summed E-state index contributed by atoms with van der Waals surface area (Å²) in [6.45, 7) is 2.91. The molecule has 94 valence electrons. The monoisotopic (exact) mass is 240 g/mol. The molecule has 0 amide bonds. The maximum Gasteiger partial charge on any atom is 0.119 e. The summed E-state index contributed by atoms with van der Waals surface area (Å²) in [5.74, 6) is 0.973. The van der Waals surface area contributed by atoms with E-state index >= 15 is 0 Å². The molecule has 0 unspecified atom stereocenters. The van der Waals surface area contributed by atoms with Crippen molar-refractivity contribution in [2.24, 2.45) is 0 Å². The van der Waals surface area contributed by atoms with Crippen LogP contribution in [0.5, 0.6) is 5.75 Å². The molecule has 0 spiro atoms. The third-order valence-electron chi connectivity index (χ3n) is 2.94. The Kier molecular flexibility index (Phi) is 4.83. The second-order valence-corrected chi connectivity index (χ2v) is 4.48. The lowest BCUT2D eigenvalue weighted by molar-refractivity contribution is 0.317. The molecule has 2 rings (SSSR count). The highest BCUT2D eigenvalue weighted by Crippen LogP contribution is 2.14. The zero-order valence-corrected chi connectivity index (χ0v) is 10.9. The molecule has 2 aromatic rings. The van der Waals surface area contributed by atoms with E-state index in [0.717, 1.165) is 31.6 Å². The normalized spacial score (nSPS) is 10.3. The summed E-state index contributed by atoms with van der Waals surface area (Å²) < 4.78 is 5.57. The van der Waals surface area contributed by atoms with Crippen LogP contribution in [-0.2, 0) is 12.8 Å². The van der Waals surface area contributed by atoms with Crippen LogP contribution in [0.4, 0.5) is 0 Å². The van der Waals surface area contributed by atoms with E-state index in [0.29, 0.717) is 0 Å². The van der Waals surface area contributed by atoms with Crippen molar-refractivity contribution in [1.82, 2.24) is 0 Å². The predicted molar refractivity (Wildman–Crippen MR) is 76.1 cm³/mol. The molecule has 0 bridgehead atoms. The first kappa shape index (κ1) is 12.7. The van der Waals surface area contributed by atoms with E-state index in [1.54, 1.807) is 0 Å². The van der Waals surface area contributed by atoms with Crippen LogP contribution >= 0.6 is 0 Å². The van der Waals surface area contributed by atoms with Gasteiger partial charge in [0, 0.05) is 0 Å². The Balaban J connectivity index is 1.86. The van der Waals surface area contributed by atoms with Gasteiger partial charge in [-0.15, -0.1) is 0 Å². The van der Waals surface area contributed by atoms with Gasteiger partial charge in [-0.05, 0) is 42.5 Å². The van der Waals surface area contributed by atoms with Crippen molar-refractivity contribution in [2.45, 2.75) is 26.2 Å². The Bertz CT molecular complexity index is 445. The third-order valence-corrected chi connectivity index (χ3v) is 2.94. The molecule has 0 aliphatic rings. The average molecular weight is 240 g/mol. The van der Waals surface area contributed by atoms with Gasteiger partial charge in [-0.1, -0.05) is 49.4 Å². The van der Waals surface area contributed by atoms with Crippen molar-refractivity contribution in [1.29, 1.82) is 0 Å². The first-order valence-corrected chi connectivity index (χ1v) is 6.64. The van der Waals surface area contributed by atoms with Crippen molar-refractivity contribution in [3.8, 4) is 5.75 Å². The van der Waals surface area contributed by atoms with E-state index in [1.165, 1.54) is 11.1 Å². The number of aryl methyl sites for hydroxylation is 2. The molecule has 0 aromatic heterocycles. The lowest BCUT2D eigenvalue weighted by Crippen LogP contribution is -1.95. The highest BCUT2D eigenvalue weighted by molar-refractivity contribution is 5.28. The third kappa shape index (κ3) is 3.92. The molecular formula is C17H20O. The van der Waals surface area contributed by atoms with Crippen LogP contribution in [0.15, 0.2) is 54.6 Å². The van der Waals surface area contributed by atoms with Gasteiger partial charge in [0.05, 0.1) is 6.61 Å². The minimum Gasteiger partial charge on any atom is -0.494 e. The Morgan fingerprint density at radius 1 is 0.778 bits per heavy atom. The number of hydrogen-bond donors (Lipinski definition) is 0. The summed E-state index contributed by atoms with van der Waals surface area (Å²) in [7, 11) is 0. The molecule has 0 saturated carbocycles. The van der Waals surface area contributed by atoms with Crippen LogP contribution in [0, 0.1) is 0 Å². The molecule has 1 heteroatoms. The Labute approximate surface area is 109 Å². The van der Waals surface area contributed by atoms with Gasteiger partial charge in [0.15, 0.2) is 0 Å². The first-order valence-electron chi connectivity index (χ1n) is 6.64. The second kappa shape index (κ2) is 6.85. The molecule has 0 heterocycles. The van der Waals surface area contributed by atoms with Crippen LogP contribution in [-0.4, -0.2) is 6.61 Å². The van der Waals surface area contributed by atoms with Crippen LogP contribution in [0.25, 0.3) is 0 Å². The van der Waals surface area contributed by atoms with Gasteiger partial charge in [-0.3, -0.25) is 0 Å². The molecule has 18 heavy (non-hydrogen) atoms. The SMILES string of the molecule is CCCOc1ccc(CCc2ccccc2)cc1. The minimum absolute atomic E-state index is 0.795. The van der Waals surface area contributed by atoms with E-state index in [2.05, 4.69) is 61.5 Å². The lowest BCUT2D eigenvalue weighted by atomic mass is 10.0. The van der Waals surface area contributed by atoms with Gasteiger partial charge in [-0.2, -0.15) is 0 Å². The van der Waals surface area contributed by atoms with E-state index in [9.17, 15) is 0 Å². The number of benzene rings is 2. The van der Waals surface area contributed by atoms with E-state index in [1.807, 2.05) is 0 Å². The quantitative estimate of drug-likeness (QED) is 0.733. The van der Waals surface area contributed by atoms with E-state index in [4.69, 9.17) is 4.74 Å². The summed E-state index contributed by atoms with van der Waals surface area (Å²) >= 11 is 0. The summed E-state index contributed by atoms with van der Waals surface area (Å²) in [4.78, 5) is 0. The van der Waals surface area contributed by atoms with E-state index in [-0.39, 0.29) is 0 Å². The Morgan fingerprint density at radius 2 is 1.39 bits per heavy atom. The zero-order chi connectivity index (χ0) is 12.6. The number of hydrogen-bond acceptors (Lipinski definition) is 1. The van der Waals surface area contributed by atoms with Crippen LogP contribution in [0.1, 0.15) is 24.5 Å². The summed E-state index contributed by atoms with van der Waals surface area (Å²) in [5.41, 5.74) is 2.76. The average Bonchev–Trinajstić information content (AvgIpc) is 2.45. The smallest absolute Gasteiger partial charge is 0.119 e. The fourth-order valence-corrected chi connectivity index (χ4v) is 1.91. The molecule has 0 saturated heterocycles. The van der Waals surface area contributed by atoms with Gasteiger partial charge in [-0.25, -0.2) is 0 Å². The maximum atomic E-state index is 5.57. The van der Waals surface area contributed by atoms with Crippen molar-refractivity contribution in [3.63, 3.8) is 0 Å². The minimum atomic E-state index is 0.795. The van der Waals surface area contributed by atoms with Gasteiger partial charge in [0.25, 0.3) is 0 Å². The van der Waals surface area contributed by atoms with Gasteiger partial charge in [0.1, 0.15) is 5.75 Å². The van der Waals surface area contributed by atoms with Crippen LogP contribution in [0.3, 0.4) is 0 Å². The Hall–Kier alpha value is -1.76. The summed E-state index contributed by atoms with van der Waals surface area (Å²) in [6.07, 6.45) is 3.23. The molecule has 0 aliphatic carbocycles. The van der Waals surface area contributed by atoms with Crippen LogP contribution in [0.2, 0.25) is 0 Å². The predicted octanol–water partition coefficient (Wildman–Crippen LogP) is 4.26. The van der Waals surface area contributed by atoms with Gasteiger partial charge < -0.3 is 4.74 Å². The standard InChI is InChI=1S/C17H20O/c1-2-14-18-17-12-10-16(11-13-17)9-8-15-6-4-3-5-7-15/h3-7,10-13H,2,8-9,14H2,1H3. The summed E-state index contributed by atoms with van der Waals surface area (Å²) in [5, 5.41) is 0.